The summed E-state index contributed by atoms with van der Waals surface area (Å²) in [6, 6.07) is 7.11. The Balaban J connectivity index is 2.33. The van der Waals surface area contributed by atoms with Crippen molar-refractivity contribution in [2.24, 2.45) is 0 Å². The van der Waals surface area contributed by atoms with E-state index in [4.69, 9.17) is 19.0 Å². The number of carbonyl (C=O) groups is 1. The number of rotatable bonds is 6. The van der Waals surface area contributed by atoms with E-state index in [1.165, 1.54) is 0 Å². The van der Waals surface area contributed by atoms with E-state index in [2.05, 4.69) is 4.98 Å². The van der Waals surface area contributed by atoms with Crippen LogP contribution in [0.5, 0.6) is 11.7 Å². The summed E-state index contributed by atoms with van der Waals surface area (Å²) in [6.07, 6.45) is -0.241. The van der Waals surface area contributed by atoms with Crippen LogP contribution in [0, 0.1) is 0 Å². The molecule has 0 fully saturated rings. The third kappa shape index (κ3) is 3.09. The number of carboxylic acid groups (broad SMARTS) is 1. The molecule has 0 saturated carbocycles. The summed E-state index contributed by atoms with van der Waals surface area (Å²) < 4.78 is 15.8. The molecule has 2 aromatic rings. The molecule has 0 saturated heterocycles. The SMILES string of the molecule is CCOc1oc(-c2ccc(OC)cc2)nc1CC(=O)O. The second kappa shape index (κ2) is 6.10. The van der Waals surface area contributed by atoms with E-state index in [1.807, 2.05) is 0 Å². The fraction of sp³-hybridized carbons (Fsp3) is 0.286. The lowest BCUT2D eigenvalue weighted by Gasteiger charge is -2.00. The van der Waals surface area contributed by atoms with Gasteiger partial charge >= 0.3 is 11.9 Å². The highest BCUT2D eigenvalue weighted by Crippen LogP contribution is 2.28. The van der Waals surface area contributed by atoms with Gasteiger partial charge in [0.1, 0.15) is 11.4 Å². The Bertz CT molecular complexity index is 588. The maximum atomic E-state index is 10.8. The van der Waals surface area contributed by atoms with Crippen molar-refractivity contribution < 1.29 is 23.8 Å². The summed E-state index contributed by atoms with van der Waals surface area (Å²) in [5.41, 5.74) is 1.01. The first-order chi connectivity index (χ1) is 9.63. The Morgan fingerprint density at radius 2 is 2.05 bits per heavy atom. The molecule has 1 N–H and O–H groups in total. The zero-order chi connectivity index (χ0) is 14.5. The van der Waals surface area contributed by atoms with E-state index in [-0.39, 0.29) is 18.1 Å². The largest absolute Gasteiger partial charge is 0.497 e. The van der Waals surface area contributed by atoms with E-state index in [1.54, 1.807) is 38.3 Å². The number of nitrogens with zero attached hydrogens (tertiary/aromatic N) is 1. The Labute approximate surface area is 116 Å². The first kappa shape index (κ1) is 13.9. The third-order valence-corrected chi connectivity index (χ3v) is 2.59. The maximum Gasteiger partial charge on any atom is 0.309 e. The number of methoxy groups -OCH3 is 1. The van der Waals surface area contributed by atoms with Crippen molar-refractivity contribution in [1.82, 2.24) is 4.98 Å². The lowest BCUT2D eigenvalue weighted by atomic mass is 10.2. The van der Waals surface area contributed by atoms with Crippen molar-refractivity contribution >= 4 is 5.97 Å². The van der Waals surface area contributed by atoms with Gasteiger partial charge in [0.05, 0.1) is 20.1 Å². The molecule has 1 aromatic heterocycles. The van der Waals surface area contributed by atoms with Crippen LogP contribution < -0.4 is 9.47 Å². The molecule has 0 aliphatic rings. The number of aromatic nitrogens is 1. The van der Waals surface area contributed by atoms with Crippen molar-refractivity contribution in [1.29, 1.82) is 0 Å². The summed E-state index contributed by atoms with van der Waals surface area (Å²) in [4.78, 5) is 15.0. The molecule has 2 rings (SSSR count). The lowest BCUT2D eigenvalue weighted by molar-refractivity contribution is -0.136. The van der Waals surface area contributed by atoms with Gasteiger partial charge in [0.15, 0.2) is 0 Å². The van der Waals surface area contributed by atoms with Gasteiger partial charge in [-0.1, -0.05) is 0 Å². The molecule has 0 aliphatic heterocycles. The number of benzene rings is 1. The van der Waals surface area contributed by atoms with Crippen LogP contribution in [0.25, 0.3) is 11.5 Å². The number of hydrogen-bond acceptors (Lipinski definition) is 5. The van der Waals surface area contributed by atoms with E-state index in [0.717, 1.165) is 11.3 Å². The second-order valence-electron chi connectivity index (χ2n) is 3.99. The van der Waals surface area contributed by atoms with Crippen molar-refractivity contribution in [3.8, 4) is 23.1 Å². The zero-order valence-electron chi connectivity index (χ0n) is 11.3. The van der Waals surface area contributed by atoms with Gasteiger partial charge in [-0.3, -0.25) is 4.79 Å². The lowest BCUT2D eigenvalue weighted by Crippen LogP contribution is -2.03. The van der Waals surface area contributed by atoms with Gasteiger partial charge in [-0.15, -0.1) is 0 Å². The second-order valence-corrected chi connectivity index (χ2v) is 3.99. The fourth-order valence-corrected chi connectivity index (χ4v) is 1.69. The number of ether oxygens (including phenoxy) is 2. The summed E-state index contributed by atoms with van der Waals surface area (Å²) in [6.45, 7) is 2.17. The smallest absolute Gasteiger partial charge is 0.309 e. The van der Waals surface area contributed by atoms with Crippen LogP contribution in [0.15, 0.2) is 28.7 Å². The third-order valence-electron chi connectivity index (χ3n) is 2.59. The first-order valence-corrected chi connectivity index (χ1v) is 6.12. The van der Waals surface area contributed by atoms with Crippen LogP contribution in [0.4, 0.5) is 0 Å². The number of carboxylic acids is 1. The minimum atomic E-state index is -0.986. The topological polar surface area (TPSA) is 81.8 Å². The molecule has 0 bridgehead atoms. The minimum absolute atomic E-state index is 0.153. The number of aliphatic carboxylic acids is 1. The summed E-state index contributed by atoms with van der Waals surface area (Å²) in [5, 5.41) is 8.85. The van der Waals surface area contributed by atoms with Gasteiger partial charge in [-0.2, -0.15) is 0 Å². The molecule has 6 nitrogen and oxygen atoms in total. The molecule has 0 aliphatic carbocycles. The van der Waals surface area contributed by atoms with E-state index >= 15 is 0 Å². The van der Waals surface area contributed by atoms with Crippen molar-refractivity contribution in [3.63, 3.8) is 0 Å². The highest BCUT2D eigenvalue weighted by molar-refractivity contribution is 5.70. The summed E-state index contributed by atoms with van der Waals surface area (Å²) in [5.74, 6) is 0.213. The molecule has 0 spiro atoms. The average Bonchev–Trinajstić information content (AvgIpc) is 2.82. The normalized spacial score (nSPS) is 10.3. The highest BCUT2D eigenvalue weighted by Gasteiger charge is 2.18. The van der Waals surface area contributed by atoms with Gasteiger partial charge < -0.3 is 19.0 Å². The molecule has 0 unspecified atom stereocenters. The molecular weight excluding hydrogens is 262 g/mol. The fourth-order valence-electron chi connectivity index (χ4n) is 1.69. The van der Waals surface area contributed by atoms with Crippen LogP contribution in [0.2, 0.25) is 0 Å². The van der Waals surface area contributed by atoms with Crippen molar-refractivity contribution in [3.05, 3.63) is 30.0 Å². The molecule has 1 aromatic carbocycles. The van der Waals surface area contributed by atoms with Crippen LogP contribution in [-0.4, -0.2) is 29.8 Å². The molecule has 6 heteroatoms. The van der Waals surface area contributed by atoms with E-state index < -0.39 is 5.97 Å². The summed E-state index contributed by atoms with van der Waals surface area (Å²) >= 11 is 0. The van der Waals surface area contributed by atoms with Crippen molar-refractivity contribution in [2.45, 2.75) is 13.3 Å². The van der Waals surface area contributed by atoms with Crippen LogP contribution >= 0.6 is 0 Å². The zero-order valence-corrected chi connectivity index (χ0v) is 11.3. The standard InChI is InChI=1S/C14H15NO5/c1-3-19-14-11(8-12(16)17)15-13(20-14)9-4-6-10(18-2)7-5-9/h4-7H,3,8H2,1-2H3,(H,16,17). The number of hydrogen-bond donors (Lipinski definition) is 1. The molecule has 0 radical (unpaired) electrons. The van der Waals surface area contributed by atoms with Crippen molar-refractivity contribution in [2.75, 3.05) is 13.7 Å². The molecule has 1 heterocycles. The van der Waals surface area contributed by atoms with Gasteiger partial charge in [0.25, 0.3) is 0 Å². The van der Waals surface area contributed by atoms with Crippen LogP contribution in [-0.2, 0) is 11.2 Å². The minimum Gasteiger partial charge on any atom is -0.497 e. The monoisotopic (exact) mass is 277 g/mol. The Kier molecular flexibility index (Phi) is 4.24. The predicted octanol–water partition coefficient (Wildman–Crippen LogP) is 2.38. The predicted molar refractivity (Wildman–Crippen MR) is 71.0 cm³/mol. The van der Waals surface area contributed by atoms with Gasteiger partial charge in [-0.25, -0.2) is 4.98 Å². The first-order valence-electron chi connectivity index (χ1n) is 6.12. The number of oxazole rings is 1. The van der Waals surface area contributed by atoms with Crippen LogP contribution in [0.1, 0.15) is 12.6 Å². The highest BCUT2D eigenvalue weighted by atomic mass is 16.6. The van der Waals surface area contributed by atoms with E-state index in [0.29, 0.717) is 12.5 Å². The quantitative estimate of drug-likeness (QED) is 0.873. The molecular formula is C14H15NO5. The summed E-state index contributed by atoms with van der Waals surface area (Å²) in [7, 11) is 1.58. The van der Waals surface area contributed by atoms with Gasteiger partial charge in [0.2, 0.25) is 5.89 Å². The van der Waals surface area contributed by atoms with Gasteiger partial charge in [0, 0.05) is 5.56 Å². The molecule has 0 amide bonds. The Morgan fingerprint density at radius 3 is 2.60 bits per heavy atom. The molecule has 106 valence electrons. The van der Waals surface area contributed by atoms with Gasteiger partial charge in [-0.05, 0) is 31.2 Å². The Morgan fingerprint density at radius 1 is 1.35 bits per heavy atom. The maximum absolute atomic E-state index is 10.8. The van der Waals surface area contributed by atoms with Crippen LogP contribution in [0.3, 0.4) is 0 Å². The molecule has 20 heavy (non-hydrogen) atoms. The Hall–Kier alpha value is -2.50. The van der Waals surface area contributed by atoms with E-state index in [9.17, 15) is 4.79 Å². The average molecular weight is 277 g/mol. The molecule has 0 atom stereocenters.